The Morgan fingerprint density at radius 1 is 1.17 bits per heavy atom. The summed E-state index contributed by atoms with van der Waals surface area (Å²) in [6, 6.07) is 16.1. The summed E-state index contributed by atoms with van der Waals surface area (Å²) in [6.45, 7) is 0. The third kappa shape index (κ3) is 4.07. The summed E-state index contributed by atoms with van der Waals surface area (Å²) >= 11 is 16.9. The second kappa shape index (κ2) is 7.66. The van der Waals surface area contributed by atoms with Crippen LogP contribution in [0.5, 0.6) is 0 Å². The number of nitrogens with one attached hydrogen (secondary N) is 1. The largest absolute Gasteiger partial charge is 0.270 e. The van der Waals surface area contributed by atoms with Gasteiger partial charge in [-0.05, 0) is 36.0 Å². The maximum atomic E-state index is 6.35. The Morgan fingerprint density at radius 2 is 1.96 bits per heavy atom. The number of hydrogen-bond donors (Lipinski definition) is 1. The van der Waals surface area contributed by atoms with Gasteiger partial charge in [0.25, 0.3) is 0 Å². The average Bonchev–Trinajstić information content (AvgIpc) is 2.90. The molecule has 0 unspecified atom stereocenters. The zero-order valence-corrected chi connectivity index (χ0v) is 16.0. The van der Waals surface area contributed by atoms with E-state index < -0.39 is 0 Å². The van der Waals surface area contributed by atoms with E-state index in [0.29, 0.717) is 9.79 Å². The minimum absolute atomic E-state index is 0.546. The van der Waals surface area contributed by atoms with E-state index in [4.69, 9.17) is 23.8 Å². The number of hydrogen-bond acceptors (Lipinski definition) is 3. The lowest BCUT2D eigenvalue weighted by molar-refractivity contribution is 0.949. The van der Waals surface area contributed by atoms with Crippen LogP contribution in [-0.2, 0) is 11.5 Å². The van der Waals surface area contributed by atoms with Crippen LogP contribution in [0, 0.1) is 4.77 Å². The van der Waals surface area contributed by atoms with Crippen molar-refractivity contribution in [2.24, 2.45) is 0 Å². The first-order valence-electron chi connectivity index (χ1n) is 6.88. The fourth-order valence-electron chi connectivity index (χ4n) is 2.17. The Bertz CT molecular complexity index is 861. The smallest absolute Gasteiger partial charge is 0.199 e. The van der Waals surface area contributed by atoms with Crippen molar-refractivity contribution in [2.75, 3.05) is 0 Å². The van der Waals surface area contributed by atoms with Gasteiger partial charge < -0.3 is 0 Å². The first kappa shape index (κ1) is 16.8. The summed E-state index contributed by atoms with van der Waals surface area (Å²) < 4.78 is 3.37. The molecule has 118 valence electrons. The highest BCUT2D eigenvalue weighted by atomic mass is 79.9. The molecule has 1 aromatic heterocycles. The van der Waals surface area contributed by atoms with Crippen molar-refractivity contribution in [2.45, 2.75) is 11.5 Å². The van der Waals surface area contributed by atoms with Crippen molar-refractivity contribution in [3.05, 3.63) is 74.2 Å². The molecular formula is C16H13BrClN3S2. The minimum Gasteiger partial charge on any atom is -0.270 e. The Labute approximate surface area is 157 Å². The Kier molecular flexibility index (Phi) is 5.58. The van der Waals surface area contributed by atoms with E-state index in [9.17, 15) is 0 Å². The second-order valence-electron chi connectivity index (χ2n) is 4.85. The maximum absolute atomic E-state index is 6.35. The van der Waals surface area contributed by atoms with Crippen LogP contribution in [0.15, 0.2) is 53.0 Å². The van der Waals surface area contributed by atoms with Crippen LogP contribution >= 0.6 is 51.5 Å². The molecule has 0 amide bonds. The monoisotopic (exact) mass is 425 g/mol. The van der Waals surface area contributed by atoms with Gasteiger partial charge in [-0.2, -0.15) is 5.10 Å². The number of nitrogens with zero attached hydrogens (tertiary/aromatic N) is 2. The average molecular weight is 427 g/mol. The minimum atomic E-state index is 0.546. The summed E-state index contributed by atoms with van der Waals surface area (Å²) in [5.74, 6) is 2.53. The van der Waals surface area contributed by atoms with Crippen LogP contribution in [-0.4, -0.2) is 14.8 Å². The van der Waals surface area contributed by atoms with E-state index in [2.05, 4.69) is 38.3 Å². The highest BCUT2D eigenvalue weighted by Crippen LogP contribution is 2.27. The molecule has 1 heterocycles. The third-order valence-corrected chi connectivity index (χ3v) is 5.30. The van der Waals surface area contributed by atoms with Gasteiger partial charge in [-0.25, -0.2) is 0 Å². The van der Waals surface area contributed by atoms with Crippen LogP contribution in [0.4, 0.5) is 0 Å². The summed E-state index contributed by atoms with van der Waals surface area (Å²) in [5, 5.41) is 7.83. The molecule has 3 aromatic rings. The number of aromatic nitrogens is 3. The molecule has 0 atom stereocenters. The molecule has 23 heavy (non-hydrogen) atoms. The number of H-pyrrole nitrogens is 1. The van der Waals surface area contributed by atoms with E-state index in [1.807, 2.05) is 41.0 Å². The number of benzene rings is 2. The maximum Gasteiger partial charge on any atom is 0.199 e. The van der Waals surface area contributed by atoms with Gasteiger partial charge in [-0.1, -0.05) is 57.9 Å². The van der Waals surface area contributed by atoms with Gasteiger partial charge in [-0.15, -0.1) is 11.8 Å². The summed E-state index contributed by atoms with van der Waals surface area (Å²) in [4.78, 5) is 0. The lowest BCUT2D eigenvalue weighted by Crippen LogP contribution is -2.01. The highest BCUT2D eigenvalue weighted by Gasteiger charge is 2.12. The normalized spacial score (nSPS) is 10.9. The van der Waals surface area contributed by atoms with Crippen LogP contribution in [0.25, 0.3) is 5.69 Å². The van der Waals surface area contributed by atoms with Crippen molar-refractivity contribution in [1.82, 2.24) is 14.8 Å². The van der Waals surface area contributed by atoms with E-state index in [1.165, 1.54) is 5.56 Å². The fraction of sp³-hybridized carbons (Fsp3) is 0.125. The second-order valence-corrected chi connectivity index (χ2v) is 7.55. The molecule has 0 spiro atoms. The van der Waals surface area contributed by atoms with Crippen molar-refractivity contribution in [3.63, 3.8) is 0 Å². The number of aromatic amines is 1. The SMILES string of the molecule is S=c1[nH]nc(CSCc2ccccc2)n1-c1ccc(Br)cc1Cl. The zero-order chi connectivity index (χ0) is 16.2. The fourth-order valence-corrected chi connectivity index (χ4v) is 4.09. The highest BCUT2D eigenvalue weighted by molar-refractivity contribution is 9.10. The molecule has 7 heteroatoms. The Hall–Kier alpha value is -1.08. The molecule has 0 saturated carbocycles. The molecule has 0 saturated heterocycles. The third-order valence-electron chi connectivity index (χ3n) is 3.24. The molecule has 1 N–H and O–H groups in total. The van der Waals surface area contributed by atoms with E-state index >= 15 is 0 Å². The van der Waals surface area contributed by atoms with Crippen LogP contribution in [0.2, 0.25) is 5.02 Å². The van der Waals surface area contributed by atoms with E-state index in [-0.39, 0.29) is 0 Å². The number of thioether (sulfide) groups is 1. The quantitative estimate of drug-likeness (QED) is 0.525. The molecule has 0 fully saturated rings. The van der Waals surface area contributed by atoms with Crippen molar-refractivity contribution >= 4 is 51.5 Å². The topological polar surface area (TPSA) is 33.6 Å². The molecule has 3 nitrogen and oxygen atoms in total. The molecule has 0 aliphatic rings. The van der Waals surface area contributed by atoms with E-state index in [1.54, 1.807) is 11.8 Å². The van der Waals surface area contributed by atoms with Gasteiger partial charge in [0.15, 0.2) is 4.77 Å². The molecule has 0 radical (unpaired) electrons. The molecule has 3 rings (SSSR count). The van der Waals surface area contributed by atoms with E-state index in [0.717, 1.165) is 27.5 Å². The lowest BCUT2D eigenvalue weighted by atomic mass is 10.2. The standard InChI is InChI=1S/C16H13BrClN3S2/c17-12-6-7-14(13(18)8-12)21-15(19-20-16(21)22)10-23-9-11-4-2-1-3-5-11/h1-8H,9-10H2,(H,20,22). The Balaban J connectivity index is 1.80. The summed E-state index contributed by atoms with van der Waals surface area (Å²) in [5.41, 5.74) is 2.13. The first-order chi connectivity index (χ1) is 11.1. The first-order valence-corrected chi connectivity index (χ1v) is 9.62. The van der Waals surface area contributed by atoms with Gasteiger partial charge in [0.2, 0.25) is 0 Å². The number of rotatable bonds is 5. The number of halogens is 2. The molecule has 0 bridgehead atoms. The molecule has 0 aliphatic carbocycles. The Morgan fingerprint density at radius 3 is 2.70 bits per heavy atom. The van der Waals surface area contributed by atoms with Gasteiger partial charge in [0.1, 0.15) is 5.82 Å². The van der Waals surface area contributed by atoms with Gasteiger partial charge in [-0.3, -0.25) is 9.67 Å². The molecular weight excluding hydrogens is 414 g/mol. The van der Waals surface area contributed by atoms with Crippen molar-refractivity contribution < 1.29 is 0 Å². The van der Waals surface area contributed by atoms with Gasteiger partial charge in [0.05, 0.1) is 16.5 Å². The predicted molar refractivity (Wildman–Crippen MR) is 103 cm³/mol. The van der Waals surface area contributed by atoms with Crippen LogP contribution in [0.1, 0.15) is 11.4 Å². The summed E-state index contributed by atoms with van der Waals surface area (Å²) in [6.07, 6.45) is 0. The predicted octanol–water partition coefficient (Wildman–Crippen LogP) is 5.78. The summed E-state index contributed by atoms with van der Waals surface area (Å²) in [7, 11) is 0. The van der Waals surface area contributed by atoms with Crippen molar-refractivity contribution in [1.29, 1.82) is 0 Å². The van der Waals surface area contributed by atoms with Crippen LogP contribution in [0.3, 0.4) is 0 Å². The van der Waals surface area contributed by atoms with Crippen LogP contribution < -0.4 is 0 Å². The molecule has 2 aromatic carbocycles. The van der Waals surface area contributed by atoms with Gasteiger partial charge >= 0.3 is 0 Å². The molecule has 0 aliphatic heterocycles. The lowest BCUT2D eigenvalue weighted by Gasteiger charge is -2.09. The zero-order valence-electron chi connectivity index (χ0n) is 12.0. The van der Waals surface area contributed by atoms with Crippen molar-refractivity contribution in [3.8, 4) is 5.69 Å². The van der Waals surface area contributed by atoms with Gasteiger partial charge in [0, 0.05) is 10.2 Å².